The molecule has 0 radical (unpaired) electrons. The van der Waals surface area contributed by atoms with E-state index in [1.165, 1.54) is 37.4 Å². The van der Waals surface area contributed by atoms with Gasteiger partial charge in [-0.15, -0.1) is 0 Å². The van der Waals surface area contributed by atoms with Gasteiger partial charge in [0.25, 0.3) is 0 Å². The molecule has 5 heteroatoms. The molecule has 0 saturated heterocycles. The summed E-state index contributed by atoms with van der Waals surface area (Å²) in [5.41, 5.74) is 0.247. The Morgan fingerprint density at radius 1 is 1.16 bits per heavy atom. The van der Waals surface area contributed by atoms with Crippen molar-refractivity contribution in [1.82, 2.24) is 0 Å². The van der Waals surface area contributed by atoms with Crippen LogP contribution in [0.4, 0.5) is 4.39 Å². The highest BCUT2D eigenvalue weighted by atomic mass is 35.5. The Bertz CT molecular complexity index is 641. The highest BCUT2D eigenvalue weighted by molar-refractivity contribution is 6.32. The van der Waals surface area contributed by atoms with Gasteiger partial charge in [0.2, 0.25) is 0 Å². The number of hydrogen-bond donors (Lipinski definition) is 0. The summed E-state index contributed by atoms with van der Waals surface area (Å²) in [4.78, 5) is 12.2. The van der Waals surface area contributed by atoms with Crippen LogP contribution < -0.4 is 4.74 Å². The van der Waals surface area contributed by atoms with E-state index in [4.69, 9.17) is 27.9 Å². The summed E-state index contributed by atoms with van der Waals surface area (Å²) in [6.07, 6.45) is 0. The Hall–Kier alpha value is -1.58. The summed E-state index contributed by atoms with van der Waals surface area (Å²) in [6, 6.07) is 8.43. The first kappa shape index (κ1) is 13.8. The van der Waals surface area contributed by atoms with Crippen LogP contribution in [0.1, 0.15) is 15.9 Å². The van der Waals surface area contributed by atoms with Crippen LogP contribution in [0.5, 0.6) is 5.75 Å². The third-order valence-corrected chi connectivity index (χ3v) is 3.14. The first-order chi connectivity index (χ1) is 9.02. The lowest BCUT2D eigenvalue weighted by Crippen LogP contribution is -2.04. The van der Waals surface area contributed by atoms with Gasteiger partial charge in [0.05, 0.1) is 17.7 Å². The average molecular weight is 299 g/mol. The van der Waals surface area contributed by atoms with Crippen molar-refractivity contribution in [3.8, 4) is 5.75 Å². The second-order valence-corrected chi connectivity index (χ2v) is 4.65. The second kappa shape index (κ2) is 5.59. The first-order valence-electron chi connectivity index (χ1n) is 5.36. The van der Waals surface area contributed by atoms with Crippen LogP contribution in [0.3, 0.4) is 0 Å². The minimum atomic E-state index is -0.661. The zero-order chi connectivity index (χ0) is 14.0. The van der Waals surface area contributed by atoms with Gasteiger partial charge in [-0.2, -0.15) is 0 Å². The summed E-state index contributed by atoms with van der Waals surface area (Å²) in [6.45, 7) is 0. The van der Waals surface area contributed by atoms with Crippen LogP contribution in [-0.4, -0.2) is 12.9 Å². The fourth-order valence-corrected chi connectivity index (χ4v) is 1.98. The third-order valence-electron chi connectivity index (χ3n) is 2.59. The Kier molecular flexibility index (Phi) is 4.08. The van der Waals surface area contributed by atoms with Gasteiger partial charge < -0.3 is 4.74 Å². The molecule has 0 amide bonds. The van der Waals surface area contributed by atoms with Crippen molar-refractivity contribution in [3.63, 3.8) is 0 Å². The number of ether oxygens (including phenoxy) is 1. The van der Waals surface area contributed by atoms with E-state index in [0.717, 1.165) is 6.07 Å². The molecule has 0 fully saturated rings. The molecule has 0 saturated carbocycles. The number of carbonyl (C=O) groups is 1. The van der Waals surface area contributed by atoms with E-state index < -0.39 is 11.6 Å². The quantitative estimate of drug-likeness (QED) is 0.787. The molecule has 2 aromatic carbocycles. The van der Waals surface area contributed by atoms with Gasteiger partial charge in [0.15, 0.2) is 5.78 Å². The molecule has 0 atom stereocenters. The van der Waals surface area contributed by atoms with E-state index in [1.807, 2.05) is 0 Å². The molecule has 0 heterocycles. The van der Waals surface area contributed by atoms with Gasteiger partial charge in [0, 0.05) is 10.6 Å². The lowest BCUT2D eigenvalue weighted by molar-refractivity contribution is 0.103. The lowest BCUT2D eigenvalue weighted by atomic mass is 10.0. The van der Waals surface area contributed by atoms with Crippen LogP contribution in [0.25, 0.3) is 0 Å². The average Bonchev–Trinajstić information content (AvgIpc) is 2.38. The van der Waals surface area contributed by atoms with Gasteiger partial charge in [0.1, 0.15) is 11.6 Å². The molecule has 0 aliphatic rings. The van der Waals surface area contributed by atoms with E-state index >= 15 is 0 Å². The second-order valence-electron chi connectivity index (χ2n) is 3.80. The standard InChI is InChI=1S/C14H9Cl2FO2/c1-19-13-6-8(2-5-11(13)16)14(18)10-4-3-9(15)7-12(10)17/h2-7H,1H3. The minimum Gasteiger partial charge on any atom is -0.495 e. The monoisotopic (exact) mass is 298 g/mol. The van der Waals surface area contributed by atoms with Crippen molar-refractivity contribution < 1.29 is 13.9 Å². The maximum atomic E-state index is 13.7. The first-order valence-corrected chi connectivity index (χ1v) is 6.12. The Labute approximate surface area is 119 Å². The van der Waals surface area contributed by atoms with Crippen molar-refractivity contribution in [2.75, 3.05) is 7.11 Å². The number of rotatable bonds is 3. The fraction of sp³-hybridized carbons (Fsp3) is 0.0714. The molecule has 0 aliphatic heterocycles. The molecule has 2 rings (SSSR count). The summed E-state index contributed by atoms with van der Waals surface area (Å²) >= 11 is 11.5. The summed E-state index contributed by atoms with van der Waals surface area (Å²) in [7, 11) is 1.44. The smallest absolute Gasteiger partial charge is 0.196 e. The Balaban J connectivity index is 2.44. The maximum Gasteiger partial charge on any atom is 0.196 e. The van der Waals surface area contributed by atoms with Crippen molar-refractivity contribution in [1.29, 1.82) is 0 Å². The molecule has 0 aromatic heterocycles. The van der Waals surface area contributed by atoms with E-state index in [2.05, 4.69) is 0 Å². The predicted octanol–water partition coefficient (Wildman–Crippen LogP) is 4.37. The van der Waals surface area contributed by atoms with Crippen LogP contribution >= 0.6 is 23.2 Å². The van der Waals surface area contributed by atoms with Gasteiger partial charge in [-0.25, -0.2) is 4.39 Å². The Morgan fingerprint density at radius 3 is 2.53 bits per heavy atom. The van der Waals surface area contributed by atoms with Crippen molar-refractivity contribution in [2.24, 2.45) is 0 Å². The van der Waals surface area contributed by atoms with Crippen LogP contribution in [0.15, 0.2) is 36.4 Å². The van der Waals surface area contributed by atoms with Gasteiger partial charge in [-0.1, -0.05) is 23.2 Å². The number of methoxy groups -OCH3 is 1. The molecule has 0 unspecified atom stereocenters. The van der Waals surface area contributed by atoms with Crippen LogP contribution in [-0.2, 0) is 0 Å². The highest BCUT2D eigenvalue weighted by Gasteiger charge is 2.15. The van der Waals surface area contributed by atoms with E-state index in [9.17, 15) is 9.18 Å². The molecule has 19 heavy (non-hydrogen) atoms. The van der Waals surface area contributed by atoms with Gasteiger partial charge in [-0.05, 0) is 36.4 Å². The molecular weight excluding hydrogens is 290 g/mol. The molecule has 0 spiro atoms. The molecule has 0 N–H and O–H groups in total. The van der Waals surface area contributed by atoms with Gasteiger partial charge >= 0.3 is 0 Å². The number of benzene rings is 2. The van der Waals surface area contributed by atoms with Crippen molar-refractivity contribution >= 4 is 29.0 Å². The Morgan fingerprint density at radius 2 is 1.89 bits per heavy atom. The summed E-state index contributed by atoms with van der Waals surface area (Å²) in [5, 5.41) is 0.623. The van der Waals surface area contributed by atoms with E-state index in [0.29, 0.717) is 16.3 Å². The van der Waals surface area contributed by atoms with Crippen LogP contribution in [0.2, 0.25) is 10.0 Å². The minimum absolute atomic E-state index is 0.0474. The van der Waals surface area contributed by atoms with Crippen molar-refractivity contribution in [2.45, 2.75) is 0 Å². The largest absolute Gasteiger partial charge is 0.495 e. The molecule has 2 nitrogen and oxygen atoms in total. The topological polar surface area (TPSA) is 26.3 Å². The normalized spacial score (nSPS) is 10.3. The molecule has 2 aromatic rings. The summed E-state index contributed by atoms with van der Waals surface area (Å²) < 4.78 is 18.7. The zero-order valence-electron chi connectivity index (χ0n) is 9.91. The van der Waals surface area contributed by atoms with E-state index in [1.54, 1.807) is 0 Å². The highest BCUT2D eigenvalue weighted by Crippen LogP contribution is 2.27. The maximum absolute atomic E-state index is 13.7. The number of ketones is 1. The fourth-order valence-electron chi connectivity index (χ4n) is 1.63. The molecule has 0 bridgehead atoms. The third kappa shape index (κ3) is 2.88. The molecule has 0 aliphatic carbocycles. The lowest BCUT2D eigenvalue weighted by Gasteiger charge is -2.07. The number of halogens is 3. The summed E-state index contributed by atoms with van der Waals surface area (Å²) in [5.74, 6) is -0.752. The van der Waals surface area contributed by atoms with Crippen LogP contribution in [0, 0.1) is 5.82 Å². The SMILES string of the molecule is COc1cc(C(=O)c2ccc(Cl)cc2F)ccc1Cl. The van der Waals surface area contributed by atoms with E-state index in [-0.39, 0.29) is 10.6 Å². The zero-order valence-corrected chi connectivity index (χ0v) is 11.4. The van der Waals surface area contributed by atoms with Gasteiger partial charge in [-0.3, -0.25) is 4.79 Å². The molecular formula is C14H9Cl2FO2. The predicted molar refractivity (Wildman–Crippen MR) is 72.8 cm³/mol. The molecule has 98 valence electrons. The number of hydrogen-bond acceptors (Lipinski definition) is 2. The van der Waals surface area contributed by atoms with Crippen molar-refractivity contribution in [3.05, 3.63) is 63.4 Å². The number of carbonyl (C=O) groups excluding carboxylic acids is 1.